The van der Waals surface area contributed by atoms with Crippen molar-refractivity contribution in [2.24, 2.45) is 0 Å². The van der Waals surface area contributed by atoms with E-state index in [-0.39, 0.29) is 17.9 Å². The first-order valence-electron chi connectivity index (χ1n) is 14.3. The minimum Gasteiger partial charge on any atom is -0.465 e. The SMILES string of the molecule is C1CCNC1.CC(=O)Nc1ccc2c(c1)OC(c1cc(F)cc(F)c1)n1c-2cc2cc(NC(=O)C3CCCN3)ccc21. The molecule has 3 aromatic carbocycles. The van der Waals surface area contributed by atoms with E-state index in [1.54, 1.807) is 18.2 Å². The van der Waals surface area contributed by atoms with E-state index in [0.29, 0.717) is 22.7 Å². The number of rotatable bonds is 4. The van der Waals surface area contributed by atoms with Gasteiger partial charge in [0.2, 0.25) is 18.0 Å². The summed E-state index contributed by atoms with van der Waals surface area (Å²) >= 11 is 0. The molecule has 3 aliphatic heterocycles. The molecule has 2 fully saturated rings. The highest BCUT2D eigenvalue weighted by Gasteiger charge is 2.30. The van der Waals surface area contributed by atoms with E-state index in [0.717, 1.165) is 47.6 Å². The van der Waals surface area contributed by atoms with Gasteiger partial charge in [0.15, 0.2) is 0 Å². The van der Waals surface area contributed by atoms with Crippen LogP contribution in [0, 0.1) is 11.6 Å². The highest BCUT2D eigenvalue weighted by atomic mass is 19.1. The maximum Gasteiger partial charge on any atom is 0.241 e. The summed E-state index contributed by atoms with van der Waals surface area (Å²) in [6, 6.07) is 15.9. The molecule has 10 heteroatoms. The third kappa shape index (κ3) is 5.86. The van der Waals surface area contributed by atoms with E-state index in [1.165, 1.54) is 45.0 Å². The lowest BCUT2D eigenvalue weighted by Crippen LogP contribution is -2.35. The molecule has 42 heavy (non-hydrogen) atoms. The van der Waals surface area contributed by atoms with Gasteiger partial charge in [0.1, 0.15) is 17.4 Å². The average molecular weight is 574 g/mol. The summed E-state index contributed by atoms with van der Waals surface area (Å²) in [5, 5.41) is 13.0. The topological polar surface area (TPSA) is 96.4 Å². The summed E-state index contributed by atoms with van der Waals surface area (Å²) in [7, 11) is 0. The van der Waals surface area contributed by atoms with Gasteiger partial charge < -0.3 is 30.6 Å². The first-order chi connectivity index (χ1) is 20.4. The van der Waals surface area contributed by atoms with E-state index >= 15 is 0 Å². The van der Waals surface area contributed by atoms with Crippen LogP contribution in [0.4, 0.5) is 20.2 Å². The summed E-state index contributed by atoms with van der Waals surface area (Å²) in [6.45, 7) is 4.74. The highest BCUT2D eigenvalue weighted by Crippen LogP contribution is 2.45. The van der Waals surface area contributed by atoms with E-state index < -0.39 is 17.9 Å². The van der Waals surface area contributed by atoms with Crippen LogP contribution in [0.2, 0.25) is 0 Å². The van der Waals surface area contributed by atoms with Crippen LogP contribution in [0.15, 0.2) is 60.7 Å². The molecule has 4 heterocycles. The Morgan fingerprint density at radius 3 is 2.29 bits per heavy atom. The van der Waals surface area contributed by atoms with Gasteiger partial charge in [-0.15, -0.1) is 0 Å². The summed E-state index contributed by atoms with van der Waals surface area (Å²) in [4.78, 5) is 24.2. The van der Waals surface area contributed by atoms with Gasteiger partial charge >= 0.3 is 0 Å². The maximum absolute atomic E-state index is 14.2. The molecule has 3 aliphatic rings. The molecule has 218 valence electrons. The molecule has 8 nitrogen and oxygen atoms in total. The zero-order chi connectivity index (χ0) is 29.2. The molecule has 2 unspecified atom stereocenters. The van der Waals surface area contributed by atoms with E-state index in [1.807, 2.05) is 28.8 Å². The van der Waals surface area contributed by atoms with Gasteiger partial charge in [0.25, 0.3) is 0 Å². The molecular weight excluding hydrogens is 540 g/mol. The van der Waals surface area contributed by atoms with Gasteiger partial charge in [-0.2, -0.15) is 0 Å². The molecule has 4 aromatic rings. The third-order valence-electron chi connectivity index (χ3n) is 7.66. The summed E-state index contributed by atoms with van der Waals surface area (Å²) in [6.07, 6.45) is 3.68. The second-order valence-corrected chi connectivity index (χ2v) is 10.8. The first kappa shape index (κ1) is 27.9. The standard InChI is InChI=1S/C28H24F2N4O3.C4H9N/c1-15(35)32-21-4-6-22-25-12-16-11-20(33-27(36)23-3-2-8-31-23)5-7-24(16)34(25)28(37-26(22)14-21)17-9-18(29)13-19(30)10-17;1-2-4-5-3-1/h4-7,9-14,23,28,31H,2-3,8H2,1H3,(H,32,35)(H,33,36);5H,1-4H2. The van der Waals surface area contributed by atoms with E-state index in [4.69, 9.17) is 4.74 Å². The van der Waals surface area contributed by atoms with Crippen LogP contribution in [0.5, 0.6) is 5.75 Å². The Labute approximate surface area is 242 Å². The first-order valence-corrected chi connectivity index (χ1v) is 14.3. The number of nitrogens with zero attached hydrogens (tertiary/aromatic N) is 1. The fourth-order valence-corrected chi connectivity index (χ4v) is 5.76. The van der Waals surface area contributed by atoms with Gasteiger partial charge in [-0.3, -0.25) is 9.59 Å². The minimum absolute atomic E-state index is 0.0758. The second kappa shape index (κ2) is 11.9. The monoisotopic (exact) mass is 573 g/mol. The molecule has 0 radical (unpaired) electrons. The van der Waals surface area contributed by atoms with Crippen molar-refractivity contribution in [2.75, 3.05) is 30.3 Å². The van der Waals surface area contributed by atoms with E-state index in [9.17, 15) is 18.4 Å². The van der Waals surface area contributed by atoms with Crippen LogP contribution in [-0.4, -0.2) is 42.1 Å². The fourth-order valence-electron chi connectivity index (χ4n) is 5.76. The smallest absolute Gasteiger partial charge is 0.241 e. The Morgan fingerprint density at radius 1 is 0.881 bits per heavy atom. The average Bonchev–Trinajstić information content (AvgIpc) is 3.74. The summed E-state index contributed by atoms with van der Waals surface area (Å²) < 4.78 is 36.6. The summed E-state index contributed by atoms with van der Waals surface area (Å²) in [5.41, 5.74) is 3.82. The lowest BCUT2D eigenvalue weighted by molar-refractivity contribution is -0.118. The number of benzene rings is 3. The Kier molecular flexibility index (Phi) is 7.90. The number of aromatic nitrogens is 1. The maximum atomic E-state index is 14.2. The Balaban J connectivity index is 0.000000573. The third-order valence-corrected chi connectivity index (χ3v) is 7.66. The number of amides is 2. The molecule has 0 saturated carbocycles. The summed E-state index contributed by atoms with van der Waals surface area (Å²) in [5.74, 6) is -1.25. The molecule has 4 N–H and O–H groups in total. The quantitative estimate of drug-likeness (QED) is 0.257. The van der Waals surface area contributed by atoms with Crippen LogP contribution in [0.3, 0.4) is 0 Å². The highest BCUT2D eigenvalue weighted by molar-refractivity contribution is 5.98. The largest absolute Gasteiger partial charge is 0.465 e. The van der Waals surface area contributed by atoms with Gasteiger partial charge in [-0.25, -0.2) is 8.78 Å². The van der Waals surface area contributed by atoms with Gasteiger partial charge in [0, 0.05) is 46.9 Å². The second-order valence-electron chi connectivity index (χ2n) is 10.8. The zero-order valence-electron chi connectivity index (χ0n) is 23.3. The van der Waals surface area contributed by atoms with Crippen LogP contribution in [0.25, 0.3) is 22.2 Å². The molecule has 2 atom stereocenters. The Bertz CT molecular complexity index is 1620. The molecule has 1 aromatic heterocycles. The number of fused-ring (bicyclic) bond motifs is 5. The fraction of sp³-hybridized carbons (Fsp3) is 0.312. The van der Waals surface area contributed by atoms with Crippen molar-refractivity contribution in [3.05, 3.63) is 77.9 Å². The van der Waals surface area contributed by atoms with Crippen molar-refractivity contribution in [3.8, 4) is 17.0 Å². The van der Waals surface area contributed by atoms with Crippen molar-refractivity contribution in [2.45, 2.75) is 44.9 Å². The van der Waals surface area contributed by atoms with Crippen LogP contribution < -0.4 is 26.0 Å². The molecule has 2 amide bonds. The number of nitrogens with one attached hydrogen (secondary N) is 4. The van der Waals surface area contributed by atoms with Crippen molar-refractivity contribution < 1.29 is 23.1 Å². The Hall–Kier alpha value is -4.28. The molecule has 2 saturated heterocycles. The molecule has 7 rings (SSSR count). The number of carbonyl (C=O) groups excluding carboxylic acids is 2. The van der Waals surface area contributed by atoms with Crippen LogP contribution in [-0.2, 0) is 9.59 Å². The van der Waals surface area contributed by atoms with Crippen LogP contribution in [0.1, 0.15) is 44.4 Å². The molecule has 0 spiro atoms. The number of hydrogen-bond donors (Lipinski definition) is 4. The minimum atomic E-state index is -0.860. The normalized spacial score (nSPS) is 18.8. The Morgan fingerprint density at radius 2 is 1.62 bits per heavy atom. The molecule has 0 bridgehead atoms. The van der Waals surface area contributed by atoms with Crippen molar-refractivity contribution in [1.82, 2.24) is 15.2 Å². The van der Waals surface area contributed by atoms with Gasteiger partial charge in [0.05, 0.1) is 17.3 Å². The van der Waals surface area contributed by atoms with Crippen molar-refractivity contribution in [3.63, 3.8) is 0 Å². The van der Waals surface area contributed by atoms with Crippen molar-refractivity contribution in [1.29, 1.82) is 0 Å². The lowest BCUT2D eigenvalue weighted by Gasteiger charge is -2.30. The number of anilines is 2. The predicted molar refractivity (Wildman–Crippen MR) is 159 cm³/mol. The van der Waals surface area contributed by atoms with Gasteiger partial charge in [-0.05, 0) is 93.8 Å². The molecule has 0 aliphatic carbocycles. The lowest BCUT2D eigenvalue weighted by atomic mass is 10.1. The van der Waals surface area contributed by atoms with Gasteiger partial charge in [-0.1, -0.05) is 0 Å². The van der Waals surface area contributed by atoms with Crippen LogP contribution >= 0.6 is 0 Å². The number of halogens is 2. The molecular formula is C32H33F2N5O3. The predicted octanol–water partition coefficient (Wildman–Crippen LogP) is 5.54. The zero-order valence-corrected chi connectivity index (χ0v) is 23.3. The number of hydrogen-bond acceptors (Lipinski definition) is 5. The number of ether oxygens (including phenoxy) is 1. The number of carbonyl (C=O) groups is 2. The van der Waals surface area contributed by atoms with Crippen molar-refractivity contribution >= 4 is 34.1 Å². The van der Waals surface area contributed by atoms with E-state index in [2.05, 4.69) is 21.3 Å².